The quantitative estimate of drug-likeness (QED) is 0.539. The van der Waals surface area contributed by atoms with E-state index < -0.39 is 43.2 Å². The van der Waals surface area contributed by atoms with Gasteiger partial charge in [-0.15, -0.1) is 0 Å². The largest absolute Gasteiger partial charge is 0.405 e. The van der Waals surface area contributed by atoms with Crippen molar-refractivity contribution in [3.8, 4) is 11.1 Å². The summed E-state index contributed by atoms with van der Waals surface area (Å²) >= 11 is 0. The molecule has 2 aliphatic rings. The minimum Gasteiger partial charge on any atom is -0.396 e. The van der Waals surface area contributed by atoms with Crippen molar-refractivity contribution in [2.45, 2.75) is 31.3 Å². The topological polar surface area (TPSA) is 100 Å². The highest BCUT2D eigenvalue weighted by molar-refractivity contribution is 5.83. The molecule has 4 atom stereocenters. The molecule has 5 heterocycles. The molecule has 11 heteroatoms. The lowest BCUT2D eigenvalue weighted by Crippen LogP contribution is -2.49. The van der Waals surface area contributed by atoms with Gasteiger partial charge in [0.25, 0.3) is 5.56 Å². The number of pyridine rings is 3. The van der Waals surface area contributed by atoms with Gasteiger partial charge in [0.05, 0.1) is 12.1 Å². The first-order valence-electron chi connectivity index (χ1n) is 11.5. The van der Waals surface area contributed by atoms with E-state index in [0.717, 1.165) is 11.1 Å². The fraction of sp³-hybridized carbons (Fsp3) is 0.360. The Kier molecular flexibility index (Phi) is 6.35. The number of nitrogens with zero attached hydrogens (tertiary/aromatic N) is 4. The van der Waals surface area contributed by atoms with E-state index in [1.54, 1.807) is 64.6 Å². The Bertz CT molecular complexity index is 1300. The van der Waals surface area contributed by atoms with Crippen LogP contribution in [0.15, 0.2) is 66.0 Å². The van der Waals surface area contributed by atoms with E-state index in [0.29, 0.717) is 11.3 Å². The number of likely N-dealkylation sites (tertiary alicyclic amines) is 1. The van der Waals surface area contributed by atoms with Crippen molar-refractivity contribution in [2.75, 3.05) is 13.2 Å². The first kappa shape index (κ1) is 24.1. The third kappa shape index (κ3) is 4.40. The van der Waals surface area contributed by atoms with Crippen molar-refractivity contribution >= 4 is 5.91 Å². The Morgan fingerprint density at radius 1 is 1.06 bits per heavy atom. The lowest BCUT2D eigenvalue weighted by molar-refractivity contribution is -0.142. The molecule has 5 rings (SSSR count). The number of fused-ring (bicyclic) bond motifs is 3. The molecular weight excluding hydrogens is 475 g/mol. The lowest BCUT2D eigenvalue weighted by atomic mass is 9.88. The van der Waals surface area contributed by atoms with Crippen molar-refractivity contribution in [3.05, 3.63) is 82.8 Å². The minimum absolute atomic E-state index is 0.202. The summed E-state index contributed by atoms with van der Waals surface area (Å²) in [6, 6.07) is 9.13. The second-order valence-electron chi connectivity index (χ2n) is 9.08. The highest BCUT2D eigenvalue weighted by Gasteiger charge is 2.55. The first-order chi connectivity index (χ1) is 17.3. The SMILES string of the molecule is O=C(NCC(F)(F)F)[C@@H]1[C@@H](CO)[C@@H]2Cn3c(ccc(-c4ccncc4)c3=O)[C@@H]2N1Cc1ccncc1. The minimum atomic E-state index is -4.56. The fourth-order valence-electron chi connectivity index (χ4n) is 5.53. The van der Waals surface area contributed by atoms with Gasteiger partial charge >= 0.3 is 6.18 Å². The van der Waals surface area contributed by atoms with Crippen molar-refractivity contribution in [2.24, 2.45) is 11.8 Å². The molecule has 3 aromatic rings. The van der Waals surface area contributed by atoms with Crippen LogP contribution in [0.3, 0.4) is 0 Å². The third-order valence-corrected chi connectivity index (χ3v) is 7.03. The molecule has 8 nitrogen and oxygen atoms in total. The van der Waals surface area contributed by atoms with Gasteiger partial charge in [0.2, 0.25) is 5.91 Å². The van der Waals surface area contributed by atoms with Crippen LogP contribution in [0.5, 0.6) is 0 Å². The monoisotopic (exact) mass is 499 g/mol. The standard InChI is InChI=1S/C25H24F3N5O3/c26-25(27,28)14-31-23(35)22-19(13-34)18-12-32-20(21(18)33(22)11-15-3-7-29-8-4-15)2-1-17(24(32)36)16-5-9-30-10-6-16/h1-10,18-19,21-22,34H,11-14H2,(H,31,35)/t18-,19-,21+,22-/m0/s1. The molecule has 36 heavy (non-hydrogen) atoms. The number of hydrogen-bond donors (Lipinski definition) is 2. The van der Waals surface area contributed by atoms with Gasteiger partial charge < -0.3 is 15.0 Å². The van der Waals surface area contributed by atoms with Crippen molar-refractivity contribution < 1.29 is 23.1 Å². The molecule has 0 aliphatic carbocycles. The predicted molar refractivity (Wildman–Crippen MR) is 123 cm³/mol. The van der Waals surface area contributed by atoms with E-state index in [4.69, 9.17) is 0 Å². The van der Waals surface area contributed by atoms with Gasteiger partial charge in [-0.3, -0.25) is 24.5 Å². The average molecular weight is 499 g/mol. The lowest BCUT2D eigenvalue weighted by Gasteiger charge is -2.31. The third-order valence-electron chi connectivity index (χ3n) is 7.03. The smallest absolute Gasteiger partial charge is 0.396 e. The fourth-order valence-corrected chi connectivity index (χ4v) is 5.53. The van der Waals surface area contributed by atoms with Crippen molar-refractivity contribution in [1.29, 1.82) is 0 Å². The number of amides is 1. The van der Waals surface area contributed by atoms with Crippen LogP contribution in [0, 0.1) is 11.8 Å². The number of hydrogen-bond acceptors (Lipinski definition) is 6. The maximum Gasteiger partial charge on any atom is 0.405 e. The van der Waals surface area contributed by atoms with Gasteiger partial charge in [0, 0.05) is 67.6 Å². The first-order valence-corrected chi connectivity index (χ1v) is 11.5. The zero-order chi connectivity index (χ0) is 25.4. The van der Waals surface area contributed by atoms with E-state index in [2.05, 4.69) is 9.97 Å². The maximum absolute atomic E-state index is 13.4. The average Bonchev–Trinajstić information content (AvgIpc) is 3.39. The van der Waals surface area contributed by atoms with Gasteiger partial charge in [-0.2, -0.15) is 13.2 Å². The van der Waals surface area contributed by atoms with Crippen LogP contribution in [0.2, 0.25) is 0 Å². The van der Waals surface area contributed by atoms with E-state index in [9.17, 15) is 27.9 Å². The summed E-state index contributed by atoms with van der Waals surface area (Å²) in [5.41, 5.74) is 2.50. The van der Waals surface area contributed by atoms with Crippen LogP contribution < -0.4 is 10.9 Å². The highest BCUT2D eigenvalue weighted by atomic mass is 19.4. The maximum atomic E-state index is 13.4. The molecule has 0 radical (unpaired) electrons. The summed E-state index contributed by atoms with van der Waals surface area (Å²) in [4.78, 5) is 36.3. The predicted octanol–water partition coefficient (Wildman–Crippen LogP) is 2.15. The van der Waals surface area contributed by atoms with Crippen LogP contribution in [0.25, 0.3) is 11.1 Å². The van der Waals surface area contributed by atoms with Gasteiger partial charge in [-0.25, -0.2) is 0 Å². The molecule has 0 bridgehead atoms. The summed E-state index contributed by atoms with van der Waals surface area (Å²) in [5, 5.41) is 12.3. The van der Waals surface area contributed by atoms with Gasteiger partial charge in [-0.05, 0) is 47.5 Å². The Hall–Kier alpha value is -3.57. The number of halogens is 3. The molecule has 1 fully saturated rings. The zero-order valence-corrected chi connectivity index (χ0v) is 19.1. The van der Waals surface area contributed by atoms with Crippen LogP contribution in [0.1, 0.15) is 17.3 Å². The molecular formula is C25H24F3N5O3. The van der Waals surface area contributed by atoms with Gasteiger partial charge in [0.15, 0.2) is 0 Å². The summed E-state index contributed by atoms with van der Waals surface area (Å²) in [7, 11) is 0. The second-order valence-corrected chi connectivity index (χ2v) is 9.08. The van der Waals surface area contributed by atoms with E-state index in [1.165, 1.54) is 0 Å². The summed E-state index contributed by atoms with van der Waals surface area (Å²) in [6.07, 6.45) is 1.84. The molecule has 3 aromatic heterocycles. The summed E-state index contributed by atoms with van der Waals surface area (Å²) < 4.78 is 40.2. The van der Waals surface area contributed by atoms with Crippen LogP contribution in [-0.4, -0.2) is 55.8 Å². The van der Waals surface area contributed by atoms with E-state index in [1.807, 2.05) is 11.4 Å². The van der Waals surface area contributed by atoms with Crippen molar-refractivity contribution in [1.82, 2.24) is 24.8 Å². The van der Waals surface area contributed by atoms with Crippen molar-refractivity contribution in [3.63, 3.8) is 0 Å². The Labute approximate surface area is 204 Å². The number of nitrogens with one attached hydrogen (secondary N) is 1. The molecule has 2 aliphatic heterocycles. The summed E-state index contributed by atoms with van der Waals surface area (Å²) in [5.74, 6) is -1.79. The number of aromatic nitrogens is 3. The number of rotatable bonds is 6. The Morgan fingerprint density at radius 3 is 2.36 bits per heavy atom. The molecule has 2 N–H and O–H groups in total. The van der Waals surface area contributed by atoms with Crippen LogP contribution in [0.4, 0.5) is 13.2 Å². The van der Waals surface area contributed by atoms with E-state index >= 15 is 0 Å². The molecule has 0 unspecified atom stereocenters. The normalized spacial score (nSPS) is 23.3. The molecule has 188 valence electrons. The number of carbonyl (C=O) groups excluding carboxylic acids is 1. The number of alkyl halides is 3. The Balaban J connectivity index is 1.55. The highest BCUT2D eigenvalue weighted by Crippen LogP contribution is 2.50. The second kappa shape index (κ2) is 9.47. The number of aliphatic hydroxyl groups is 1. The summed E-state index contributed by atoms with van der Waals surface area (Å²) in [6.45, 7) is -1.37. The Morgan fingerprint density at radius 2 is 1.72 bits per heavy atom. The van der Waals surface area contributed by atoms with Gasteiger partial charge in [0.1, 0.15) is 6.54 Å². The molecule has 0 spiro atoms. The zero-order valence-electron chi connectivity index (χ0n) is 19.1. The molecule has 1 saturated heterocycles. The number of aliphatic hydroxyl groups excluding tert-OH is 1. The number of carbonyl (C=O) groups is 1. The van der Waals surface area contributed by atoms with E-state index in [-0.39, 0.29) is 24.6 Å². The molecule has 1 amide bonds. The van der Waals surface area contributed by atoms with Gasteiger partial charge in [-0.1, -0.05) is 0 Å². The van der Waals surface area contributed by atoms with Crippen LogP contribution in [-0.2, 0) is 17.9 Å². The molecule has 0 saturated carbocycles. The molecule has 0 aromatic carbocycles. The van der Waals surface area contributed by atoms with Crippen LogP contribution >= 0.6 is 0 Å².